The van der Waals surface area contributed by atoms with Crippen LogP contribution in [0.15, 0.2) is 0 Å². The van der Waals surface area contributed by atoms with Crippen molar-refractivity contribution in [1.82, 2.24) is 3.88 Å². The summed E-state index contributed by atoms with van der Waals surface area (Å²) < 4.78 is 2.15. The topological polar surface area (TPSA) is 20.3 Å². The summed E-state index contributed by atoms with van der Waals surface area (Å²) in [5, 5.41) is 0. The van der Waals surface area contributed by atoms with Gasteiger partial charge in [0.25, 0.3) is 0 Å². The van der Waals surface area contributed by atoms with Gasteiger partial charge in [-0.3, -0.25) is 0 Å². The third-order valence-corrected chi connectivity index (χ3v) is 3.82. The maximum atomic E-state index is 10.8. The van der Waals surface area contributed by atoms with E-state index in [2.05, 4.69) is 3.88 Å². The maximum absolute atomic E-state index is 10.8. The normalized spacial score (nSPS) is 28.2. The molecule has 0 bridgehead atoms. The lowest BCUT2D eigenvalue weighted by atomic mass is 9.96. The molecule has 5 heteroatoms. The molecule has 0 aliphatic carbocycles. The highest BCUT2D eigenvalue weighted by molar-refractivity contribution is 7.99. The number of carbonyl (C=O) groups excluding carboxylic acids is 1. The van der Waals surface area contributed by atoms with Gasteiger partial charge in [0, 0.05) is 17.5 Å². The largest absolute Gasteiger partial charge is 0.381 e. The summed E-state index contributed by atoms with van der Waals surface area (Å²) in [6.07, 6.45) is 0. The molecule has 1 aliphatic heterocycles. The van der Waals surface area contributed by atoms with E-state index >= 15 is 0 Å². The van der Waals surface area contributed by atoms with Gasteiger partial charge in [-0.05, 0) is 6.54 Å². The smallest absolute Gasteiger partial charge is 0.322 e. The first kappa shape index (κ1) is 8.67. The second kappa shape index (κ2) is 3.82. The van der Waals surface area contributed by atoms with Crippen LogP contribution in [0, 0.1) is 0 Å². The molecular formula is C5H9AlBNOS. The van der Waals surface area contributed by atoms with Gasteiger partial charge < -0.3 is 8.68 Å². The molecule has 1 atom stereocenters. The number of nitrogens with zero attached hydrogens (tertiary/aromatic N) is 1. The van der Waals surface area contributed by atoms with Crippen molar-refractivity contribution in [2.24, 2.45) is 0 Å². The highest BCUT2D eigenvalue weighted by atomic mass is 32.2. The van der Waals surface area contributed by atoms with Gasteiger partial charge in [0.2, 0.25) is 0 Å². The van der Waals surface area contributed by atoms with Crippen LogP contribution in [0.4, 0.5) is 0 Å². The van der Waals surface area contributed by atoms with Gasteiger partial charge >= 0.3 is 16.5 Å². The first-order valence-corrected chi connectivity index (χ1v) is 5.34. The monoisotopic (exact) mass is 169 g/mol. The first-order valence-electron chi connectivity index (χ1n) is 3.29. The van der Waals surface area contributed by atoms with Crippen molar-refractivity contribution in [2.75, 3.05) is 18.1 Å². The molecule has 1 saturated heterocycles. The predicted molar refractivity (Wildman–Crippen MR) is 47.1 cm³/mol. The van der Waals surface area contributed by atoms with Gasteiger partial charge in [-0.15, -0.1) is 0 Å². The van der Waals surface area contributed by atoms with Gasteiger partial charge in [0.15, 0.2) is 7.85 Å². The predicted octanol–water partition coefficient (Wildman–Crippen LogP) is -1.35. The minimum absolute atomic E-state index is 0.0189. The van der Waals surface area contributed by atoms with Crippen LogP contribution in [0.1, 0.15) is 0 Å². The van der Waals surface area contributed by atoms with E-state index in [0.717, 1.165) is 34.6 Å². The molecule has 52 valence electrons. The average Bonchev–Trinajstić information content (AvgIpc) is 1.88. The van der Waals surface area contributed by atoms with E-state index < -0.39 is 0 Å². The lowest BCUT2D eigenvalue weighted by Crippen LogP contribution is -2.45. The number of rotatable bonds is 1. The van der Waals surface area contributed by atoms with E-state index in [1.54, 1.807) is 0 Å². The lowest BCUT2D eigenvalue weighted by Gasteiger charge is -2.31. The Bertz CT molecular complexity index is 146. The molecule has 0 aromatic heterocycles. The van der Waals surface area contributed by atoms with E-state index in [0.29, 0.717) is 0 Å². The van der Waals surface area contributed by atoms with Crippen molar-refractivity contribution < 1.29 is 4.79 Å². The molecule has 0 spiro atoms. The molecule has 1 heterocycles. The molecular weight excluding hydrogens is 160 g/mol. The maximum Gasteiger partial charge on any atom is 0.322 e. The second-order valence-corrected chi connectivity index (χ2v) is 4.77. The molecule has 2 nitrogen and oxygen atoms in total. The Hall–Kier alpha value is 0.577. The standard InChI is InChI=1S/C5H7BNOS.Al.2H/c6-5(8)4-3-9-2-1-7-4;;;/h4H,1-3H2;;;/q-1;+1;;. The minimum Gasteiger partial charge on any atom is -0.381 e. The van der Waals surface area contributed by atoms with Crippen LogP contribution >= 0.6 is 11.8 Å². The minimum atomic E-state index is -0.165. The van der Waals surface area contributed by atoms with Gasteiger partial charge in [-0.25, -0.2) is 0 Å². The van der Waals surface area contributed by atoms with E-state index in [4.69, 9.17) is 7.85 Å². The van der Waals surface area contributed by atoms with E-state index in [1.165, 1.54) is 0 Å². The fourth-order valence-electron chi connectivity index (χ4n) is 0.986. The Morgan fingerprint density at radius 2 is 2.50 bits per heavy atom. The first-order chi connectivity index (χ1) is 4.72. The molecule has 10 heavy (non-hydrogen) atoms. The molecule has 1 rings (SSSR count). The number of carbonyl (C=O) groups is 1. The molecule has 0 aromatic rings. The van der Waals surface area contributed by atoms with Gasteiger partial charge in [0.05, 0.1) is 5.68 Å². The summed E-state index contributed by atoms with van der Waals surface area (Å²) in [5.74, 6) is 2.03. The summed E-state index contributed by atoms with van der Waals surface area (Å²) in [7, 11) is 5.19. The van der Waals surface area contributed by atoms with Crippen LogP contribution in [-0.2, 0) is 4.79 Å². The Morgan fingerprint density at radius 1 is 1.80 bits per heavy atom. The van der Waals surface area contributed by atoms with Crippen LogP contribution in [0.2, 0.25) is 0 Å². The fraction of sp³-hybridized carbons (Fsp3) is 0.800. The molecule has 1 unspecified atom stereocenters. The molecule has 1 fully saturated rings. The molecule has 0 N–H and O–H groups in total. The quantitative estimate of drug-likeness (QED) is 0.452. The third-order valence-electron chi connectivity index (χ3n) is 1.72. The van der Waals surface area contributed by atoms with Gasteiger partial charge in [-0.1, -0.05) is 0 Å². The van der Waals surface area contributed by atoms with Crippen molar-refractivity contribution >= 4 is 41.8 Å². The summed E-state index contributed by atoms with van der Waals surface area (Å²) in [4.78, 5) is 10.8. The van der Waals surface area contributed by atoms with Gasteiger partial charge in [-0.2, -0.15) is 11.8 Å². The van der Waals surface area contributed by atoms with Crippen LogP contribution in [0.5, 0.6) is 0 Å². The van der Waals surface area contributed by atoms with Crippen LogP contribution in [0.3, 0.4) is 0 Å². The van der Waals surface area contributed by atoms with Crippen molar-refractivity contribution in [3.8, 4) is 0 Å². The number of thioether (sulfide) groups is 1. The highest BCUT2D eigenvalue weighted by Crippen LogP contribution is 2.13. The summed E-state index contributed by atoms with van der Waals surface area (Å²) >= 11 is 2.77. The molecule has 0 saturated carbocycles. The Kier molecular flexibility index (Phi) is 3.31. The van der Waals surface area contributed by atoms with Crippen molar-refractivity contribution in [2.45, 2.75) is 6.04 Å². The van der Waals surface area contributed by atoms with Crippen molar-refractivity contribution in [3.63, 3.8) is 0 Å². The van der Waals surface area contributed by atoms with Crippen LogP contribution < -0.4 is 0 Å². The lowest BCUT2D eigenvalue weighted by molar-refractivity contribution is -0.114. The molecule has 2 radical (unpaired) electrons. The Labute approximate surface area is 74.8 Å². The SMILES string of the molecule is [B]C(=O)C1CSCC[N]1[AlH2]. The van der Waals surface area contributed by atoms with Crippen LogP contribution in [0.25, 0.3) is 0 Å². The zero-order chi connectivity index (χ0) is 7.56. The van der Waals surface area contributed by atoms with E-state index in [9.17, 15) is 4.79 Å². The average molecular weight is 169 g/mol. The van der Waals surface area contributed by atoms with Crippen LogP contribution in [-0.4, -0.2) is 58.0 Å². The summed E-state index contributed by atoms with van der Waals surface area (Å²) in [6.45, 7) is 1.03. The van der Waals surface area contributed by atoms with E-state index in [1.807, 2.05) is 11.8 Å². The molecule has 0 aromatic carbocycles. The zero-order valence-electron chi connectivity index (χ0n) is 6.04. The number of hydrogen-bond donors (Lipinski definition) is 0. The van der Waals surface area contributed by atoms with Crippen molar-refractivity contribution in [3.05, 3.63) is 0 Å². The number of hydrogen-bond acceptors (Lipinski definition) is 3. The summed E-state index contributed by atoms with van der Waals surface area (Å²) in [6, 6.07) is 0.0189. The third kappa shape index (κ3) is 2.03. The molecule has 0 amide bonds. The van der Waals surface area contributed by atoms with Gasteiger partial charge in [0.1, 0.15) is 0 Å². The second-order valence-electron chi connectivity index (χ2n) is 2.47. The summed E-state index contributed by atoms with van der Waals surface area (Å²) in [5.41, 5.74) is -0.165. The molecule has 1 aliphatic rings. The zero-order valence-corrected chi connectivity index (χ0v) is 8.86. The Balaban J connectivity index is 2.47. The van der Waals surface area contributed by atoms with E-state index in [-0.39, 0.29) is 11.7 Å². The highest BCUT2D eigenvalue weighted by Gasteiger charge is 2.20. The Morgan fingerprint density at radius 3 is 2.90 bits per heavy atom. The fourth-order valence-corrected chi connectivity index (χ4v) is 3.46. The van der Waals surface area contributed by atoms with Crippen molar-refractivity contribution in [1.29, 1.82) is 0 Å².